The van der Waals surface area contributed by atoms with Crippen LogP contribution in [0.5, 0.6) is 5.75 Å². The van der Waals surface area contributed by atoms with Crippen molar-refractivity contribution in [3.63, 3.8) is 0 Å². The maximum atomic E-state index is 13.7. The lowest BCUT2D eigenvalue weighted by molar-refractivity contribution is -0.764. The highest BCUT2D eigenvalue weighted by molar-refractivity contribution is 6.16. The Hall–Kier alpha value is -6.56. The molecule has 2 aromatic heterocycles. The molecule has 0 amide bonds. The zero-order valence-electron chi connectivity index (χ0n) is 31.1. The number of H-pyrrole nitrogens is 1. The predicted molar refractivity (Wildman–Crippen MR) is 206 cm³/mol. The minimum Gasteiger partial charge on any atom is -1.00 e. The molecule has 11 nitrogen and oxygen atoms in total. The van der Waals surface area contributed by atoms with Crippen LogP contribution in [0.25, 0.3) is 32.6 Å². The van der Waals surface area contributed by atoms with Crippen LogP contribution in [0.15, 0.2) is 128 Å². The van der Waals surface area contributed by atoms with Gasteiger partial charge in [-0.05, 0) is 85.0 Å². The number of hydrogen-bond acceptors (Lipinski definition) is 9. The summed E-state index contributed by atoms with van der Waals surface area (Å²) in [6.07, 6.45) is -0.682. The standard InChI is InChI=1S/C45H36N2O9.ClH/c1-26-35-24-47(22-21-33(35)27(2)39-38(26)34-23-32(53-28(3)48)19-20-36(34)46-39)42-41(56-45(51)31-17-11-6-12-18-31)40(55-44(50)30-15-9-5-10-16-30)37(54-42)25-52-43(49)29-13-7-4-8-14-29;/h4-24,37,40-42H,25H2,1-3H3;1H/t37-,40+,41-,42-;/m1./s1. The predicted octanol–water partition coefficient (Wildman–Crippen LogP) is 4.51. The number of aryl methyl sites for hydroxylation is 2. The number of rotatable bonds is 9. The van der Waals surface area contributed by atoms with E-state index in [1.165, 1.54) is 6.92 Å². The molecular weight excluding hydrogens is 748 g/mol. The van der Waals surface area contributed by atoms with E-state index in [1.807, 2.05) is 44.4 Å². The Balaban J connectivity index is 0.00000496. The van der Waals surface area contributed by atoms with Crippen molar-refractivity contribution in [3.8, 4) is 5.75 Å². The van der Waals surface area contributed by atoms with Crippen LogP contribution < -0.4 is 21.7 Å². The summed E-state index contributed by atoms with van der Waals surface area (Å²) < 4.78 is 31.9. The number of nitrogens with one attached hydrogen (secondary N) is 1. The van der Waals surface area contributed by atoms with E-state index >= 15 is 0 Å². The van der Waals surface area contributed by atoms with E-state index in [2.05, 4.69) is 4.98 Å². The van der Waals surface area contributed by atoms with Crippen LogP contribution in [0.1, 0.15) is 55.4 Å². The zero-order valence-corrected chi connectivity index (χ0v) is 31.9. The lowest BCUT2D eigenvalue weighted by atomic mass is 9.97. The van der Waals surface area contributed by atoms with Gasteiger partial charge in [-0.2, -0.15) is 4.57 Å². The monoisotopic (exact) mass is 784 g/mol. The van der Waals surface area contributed by atoms with Gasteiger partial charge in [0, 0.05) is 34.7 Å². The smallest absolute Gasteiger partial charge is 0.338 e. The van der Waals surface area contributed by atoms with Gasteiger partial charge in [-0.25, -0.2) is 14.4 Å². The first-order valence-electron chi connectivity index (χ1n) is 18.1. The van der Waals surface area contributed by atoms with Crippen LogP contribution in [0.2, 0.25) is 0 Å². The third-order valence-electron chi connectivity index (χ3n) is 10.0. The fourth-order valence-corrected chi connectivity index (χ4v) is 7.33. The summed E-state index contributed by atoms with van der Waals surface area (Å²) >= 11 is 0. The van der Waals surface area contributed by atoms with Gasteiger partial charge in [-0.3, -0.25) is 4.79 Å². The second-order valence-electron chi connectivity index (χ2n) is 13.6. The number of esters is 4. The molecule has 1 saturated heterocycles. The van der Waals surface area contributed by atoms with Gasteiger partial charge < -0.3 is 41.1 Å². The molecule has 3 heterocycles. The molecule has 5 aromatic carbocycles. The molecule has 4 atom stereocenters. The van der Waals surface area contributed by atoms with Crippen LogP contribution in [-0.4, -0.2) is 53.8 Å². The zero-order chi connectivity index (χ0) is 38.9. The summed E-state index contributed by atoms with van der Waals surface area (Å²) in [6.45, 7) is 5.10. The molecule has 57 heavy (non-hydrogen) atoms. The molecular formula is C45H37ClN2O9. The number of fused-ring (bicyclic) bond motifs is 4. The Bertz CT molecular complexity index is 2630. The molecule has 8 rings (SSSR count). The van der Waals surface area contributed by atoms with E-state index in [9.17, 15) is 19.2 Å². The highest BCUT2D eigenvalue weighted by Crippen LogP contribution is 2.38. The van der Waals surface area contributed by atoms with Crippen molar-refractivity contribution >= 4 is 56.5 Å². The fourth-order valence-electron chi connectivity index (χ4n) is 7.33. The molecule has 1 aliphatic rings. The molecule has 0 bridgehead atoms. The Morgan fingerprint density at radius 2 is 1.26 bits per heavy atom. The molecule has 12 heteroatoms. The van der Waals surface area contributed by atoms with Gasteiger partial charge in [0.1, 0.15) is 18.5 Å². The van der Waals surface area contributed by atoms with Crippen molar-refractivity contribution in [1.82, 2.24) is 4.98 Å². The van der Waals surface area contributed by atoms with Crippen molar-refractivity contribution in [2.45, 2.75) is 45.3 Å². The summed E-state index contributed by atoms with van der Waals surface area (Å²) in [5, 5.41) is 3.69. The van der Waals surface area contributed by atoms with Crippen molar-refractivity contribution in [2.24, 2.45) is 0 Å². The van der Waals surface area contributed by atoms with Crippen molar-refractivity contribution in [2.75, 3.05) is 6.61 Å². The summed E-state index contributed by atoms with van der Waals surface area (Å²) in [4.78, 5) is 55.8. The molecule has 1 N–H and O–H groups in total. The molecule has 0 aliphatic carbocycles. The van der Waals surface area contributed by atoms with Gasteiger partial charge in [-0.1, -0.05) is 54.6 Å². The van der Waals surface area contributed by atoms with Gasteiger partial charge in [-0.15, -0.1) is 0 Å². The number of carbonyl (C=O) groups excluding carboxylic acids is 4. The van der Waals surface area contributed by atoms with Gasteiger partial charge in [0.15, 0.2) is 18.5 Å². The number of aromatic amines is 1. The Morgan fingerprint density at radius 3 is 1.86 bits per heavy atom. The van der Waals surface area contributed by atoms with Crippen LogP contribution >= 0.6 is 0 Å². The molecule has 288 valence electrons. The third kappa shape index (κ3) is 7.67. The van der Waals surface area contributed by atoms with E-state index in [0.29, 0.717) is 16.9 Å². The topological polar surface area (TPSA) is 134 Å². The number of ether oxygens (including phenoxy) is 5. The maximum absolute atomic E-state index is 13.7. The number of benzene rings is 5. The second-order valence-corrected chi connectivity index (χ2v) is 13.6. The lowest BCUT2D eigenvalue weighted by Crippen LogP contribution is -3.00. The number of carbonyl (C=O) groups is 4. The van der Waals surface area contributed by atoms with Gasteiger partial charge in [0.05, 0.1) is 22.2 Å². The highest BCUT2D eigenvalue weighted by atomic mass is 35.5. The maximum Gasteiger partial charge on any atom is 0.338 e. The number of nitrogens with zero attached hydrogens (tertiary/aromatic N) is 1. The summed E-state index contributed by atoms with van der Waals surface area (Å²) in [6, 6.07) is 32.9. The SMILES string of the molecule is CC(=O)Oc1ccc2[nH]c3c(C)c4cc[n+]([C@@H]5O[C@H](COC(=O)c6ccccc6)[C@H](OC(=O)c6ccccc6)[C@H]5OC(=O)c5ccccc5)cc4c(C)c3c2c1.[Cl-]. The summed E-state index contributed by atoms with van der Waals surface area (Å²) in [5.41, 5.74) is 4.69. The first-order valence-corrected chi connectivity index (χ1v) is 18.1. The minimum absolute atomic E-state index is 0. The number of halogens is 1. The summed E-state index contributed by atoms with van der Waals surface area (Å²) in [7, 11) is 0. The number of aromatic nitrogens is 2. The van der Waals surface area contributed by atoms with Crippen molar-refractivity contribution in [3.05, 3.63) is 155 Å². The first-order chi connectivity index (χ1) is 27.2. The van der Waals surface area contributed by atoms with E-state index < -0.39 is 48.4 Å². The van der Waals surface area contributed by atoms with Crippen LogP contribution in [0.4, 0.5) is 0 Å². The molecule has 0 radical (unpaired) electrons. The average molecular weight is 785 g/mol. The van der Waals surface area contributed by atoms with Gasteiger partial charge in [0.2, 0.25) is 6.10 Å². The molecule has 0 unspecified atom stereocenters. The number of hydrogen-bond donors (Lipinski definition) is 1. The highest BCUT2D eigenvalue weighted by Gasteiger charge is 2.55. The Kier molecular flexibility index (Phi) is 11.0. The van der Waals surface area contributed by atoms with E-state index in [1.54, 1.807) is 102 Å². The van der Waals surface area contributed by atoms with E-state index in [0.717, 1.165) is 43.7 Å². The average Bonchev–Trinajstić information content (AvgIpc) is 3.77. The molecule has 0 saturated carbocycles. The van der Waals surface area contributed by atoms with Crippen LogP contribution in [0.3, 0.4) is 0 Å². The molecule has 1 fully saturated rings. The molecule has 0 spiro atoms. The van der Waals surface area contributed by atoms with Gasteiger partial charge in [0.25, 0.3) is 0 Å². The first kappa shape index (κ1) is 38.7. The normalized spacial score (nSPS) is 17.5. The quantitative estimate of drug-likeness (QED) is 0.0972. The van der Waals surface area contributed by atoms with Gasteiger partial charge >= 0.3 is 30.1 Å². The third-order valence-corrected chi connectivity index (χ3v) is 10.0. The Morgan fingerprint density at radius 1 is 0.684 bits per heavy atom. The van der Waals surface area contributed by atoms with Crippen LogP contribution in [-0.2, 0) is 23.7 Å². The minimum atomic E-state index is -1.19. The second kappa shape index (κ2) is 16.3. The lowest BCUT2D eigenvalue weighted by Gasteiger charge is -2.23. The molecule has 1 aliphatic heterocycles. The van der Waals surface area contributed by atoms with E-state index in [-0.39, 0.29) is 24.6 Å². The Labute approximate surface area is 333 Å². The fraction of sp³-hybridized carbons (Fsp3) is 0.178. The van der Waals surface area contributed by atoms with Crippen LogP contribution in [0, 0.1) is 13.8 Å². The largest absolute Gasteiger partial charge is 1.00 e. The van der Waals surface area contributed by atoms with E-state index in [4.69, 9.17) is 23.7 Å². The molecule has 7 aromatic rings. The number of pyridine rings is 1. The van der Waals surface area contributed by atoms with Crippen molar-refractivity contribution < 1.29 is 59.8 Å². The summed E-state index contributed by atoms with van der Waals surface area (Å²) in [5.74, 6) is -1.88. The van der Waals surface area contributed by atoms with Crippen molar-refractivity contribution in [1.29, 1.82) is 0 Å².